The zero-order valence-electron chi connectivity index (χ0n) is 15.3. The summed E-state index contributed by atoms with van der Waals surface area (Å²) in [4.78, 5) is 50.4. The van der Waals surface area contributed by atoms with Crippen LogP contribution in [0.25, 0.3) is 0 Å². The molecule has 0 aliphatic heterocycles. The van der Waals surface area contributed by atoms with Gasteiger partial charge in [0.1, 0.15) is 11.4 Å². The average Bonchev–Trinajstić information content (AvgIpc) is 2.56. The molecule has 140 valence electrons. The third kappa shape index (κ3) is 4.79. The zero-order valence-corrected chi connectivity index (χ0v) is 15.3. The molecular formula is C16H27N5O4. The molecule has 1 heterocycles. The normalized spacial score (nSPS) is 10.9. The van der Waals surface area contributed by atoms with E-state index in [1.165, 1.54) is 11.6 Å². The van der Waals surface area contributed by atoms with Gasteiger partial charge in [-0.3, -0.25) is 28.4 Å². The standard InChI is InChI=1S/C16H27N5O4/c1-5-8-21-14(17)13(15(24)19(4)16(21)25)11(22)9-20(7-3)10-12(23)18-6-2/h5-10,17H2,1-4H3,(H,18,23). The lowest BCUT2D eigenvalue weighted by Gasteiger charge is -2.20. The number of amides is 1. The van der Waals surface area contributed by atoms with Crippen LogP contribution in [0.15, 0.2) is 9.59 Å². The molecule has 0 spiro atoms. The highest BCUT2D eigenvalue weighted by atomic mass is 16.2. The summed E-state index contributed by atoms with van der Waals surface area (Å²) in [5.41, 5.74) is 4.47. The summed E-state index contributed by atoms with van der Waals surface area (Å²) >= 11 is 0. The fraction of sp³-hybridized carbons (Fsp3) is 0.625. The highest BCUT2D eigenvalue weighted by molar-refractivity contribution is 6.01. The molecule has 0 aromatic carbocycles. The molecule has 0 unspecified atom stereocenters. The van der Waals surface area contributed by atoms with Crippen LogP contribution in [0, 0.1) is 0 Å². The number of nitrogen functional groups attached to an aromatic ring is 1. The summed E-state index contributed by atoms with van der Waals surface area (Å²) in [6.45, 7) is 6.67. The minimum atomic E-state index is -0.714. The first-order chi connectivity index (χ1) is 11.8. The first kappa shape index (κ1) is 20.6. The predicted molar refractivity (Wildman–Crippen MR) is 95.8 cm³/mol. The zero-order chi connectivity index (χ0) is 19.1. The number of nitrogens with one attached hydrogen (secondary N) is 1. The van der Waals surface area contributed by atoms with Crippen molar-refractivity contribution in [2.45, 2.75) is 33.7 Å². The van der Waals surface area contributed by atoms with E-state index in [9.17, 15) is 19.2 Å². The third-order valence-electron chi connectivity index (χ3n) is 3.86. The average molecular weight is 353 g/mol. The van der Waals surface area contributed by atoms with E-state index in [0.29, 0.717) is 26.1 Å². The van der Waals surface area contributed by atoms with E-state index in [-0.39, 0.29) is 30.4 Å². The monoisotopic (exact) mass is 353 g/mol. The number of nitrogens with zero attached hydrogens (tertiary/aromatic N) is 3. The first-order valence-corrected chi connectivity index (χ1v) is 8.39. The van der Waals surface area contributed by atoms with Crippen LogP contribution >= 0.6 is 0 Å². The number of carbonyl (C=O) groups excluding carboxylic acids is 2. The van der Waals surface area contributed by atoms with Gasteiger partial charge in [-0.1, -0.05) is 13.8 Å². The second-order valence-corrected chi connectivity index (χ2v) is 5.74. The van der Waals surface area contributed by atoms with Crippen molar-refractivity contribution in [1.29, 1.82) is 0 Å². The number of hydrogen-bond acceptors (Lipinski definition) is 6. The number of aromatic nitrogens is 2. The molecule has 0 saturated carbocycles. The van der Waals surface area contributed by atoms with E-state index < -0.39 is 17.0 Å². The van der Waals surface area contributed by atoms with Gasteiger partial charge in [-0.05, 0) is 19.9 Å². The Morgan fingerprint density at radius 1 is 1.16 bits per heavy atom. The van der Waals surface area contributed by atoms with E-state index >= 15 is 0 Å². The van der Waals surface area contributed by atoms with Gasteiger partial charge in [0.05, 0.1) is 13.1 Å². The van der Waals surface area contributed by atoms with Crippen molar-refractivity contribution < 1.29 is 9.59 Å². The lowest BCUT2D eigenvalue weighted by atomic mass is 10.1. The fourth-order valence-corrected chi connectivity index (χ4v) is 2.50. The molecule has 0 aliphatic carbocycles. The SMILES string of the molecule is CCCn1c(N)c(C(=O)CN(CC)CC(=O)NCC)c(=O)n(C)c1=O. The largest absolute Gasteiger partial charge is 0.384 e. The number of Topliss-reactive ketones (excluding diaryl/α,β-unsaturated/α-hetero) is 1. The van der Waals surface area contributed by atoms with Gasteiger partial charge in [-0.15, -0.1) is 0 Å². The minimum Gasteiger partial charge on any atom is -0.384 e. The summed E-state index contributed by atoms with van der Waals surface area (Å²) in [7, 11) is 1.32. The van der Waals surface area contributed by atoms with Crippen LogP contribution in [-0.4, -0.2) is 51.9 Å². The minimum absolute atomic E-state index is 0.0465. The molecule has 0 bridgehead atoms. The summed E-state index contributed by atoms with van der Waals surface area (Å²) < 4.78 is 2.12. The van der Waals surface area contributed by atoms with E-state index in [4.69, 9.17) is 5.73 Å². The second kappa shape index (κ2) is 9.16. The van der Waals surface area contributed by atoms with Crippen molar-refractivity contribution in [3.05, 3.63) is 26.4 Å². The highest BCUT2D eigenvalue weighted by Crippen LogP contribution is 2.07. The van der Waals surface area contributed by atoms with Crippen LogP contribution in [0.4, 0.5) is 5.82 Å². The van der Waals surface area contributed by atoms with E-state index in [1.807, 2.05) is 13.8 Å². The molecule has 1 amide bonds. The van der Waals surface area contributed by atoms with E-state index in [1.54, 1.807) is 11.8 Å². The molecule has 1 aromatic heterocycles. The maximum Gasteiger partial charge on any atom is 0.332 e. The Kier molecular flexibility index (Phi) is 7.56. The molecule has 0 aliphatic rings. The van der Waals surface area contributed by atoms with Crippen LogP contribution in [-0.2, 0) is 18.4 Å². The molecule has 9 nitrogen and oxygen atoms in total. The van der Waals surface area contributed by atoms with Gasteiger partial charge in [0.2, 0.25) is 5.91 Å². The number of ketones is 1. The number of nitrogens with two attached hydrogens (primary N) is 1. The summed E-state index contributed by atoms with van der Waals surface area (Å²) in [5.74, 6) is -0.822. The Labute approximate surface area is 146 Å². The van der Waals surface area contributed by atoms with E-state index in [0.717, 1.165) is 4.57 Å². The van der Waals surface area contributed by atoms with Gasteiger partial charge in [0.25, 0.3) is 5.56 Å². The highest BCUT2D eigenvalue weighted by Gasteiger charge is 2.23. The van der Waals surface area contributed by atoms with Crippen LogP contribution in [0.5, 0.6) is 0 Å². The van der Waals surface area contributed by atoms with Crippen molar-refractivity contribution in [2.75, 3.05) is 31.9 Å². The van der Waals surface area contributed by atoms with Crippen LogP contribution in [0.3, 0.4) is 0 Å². The molecule has 0 atom stereocenters. The van der Waals surface area contributed by atoms with Crippen molar-refractivity contribution in [3.63, 3.8) is 0 Å². The number of likely N-dealkylation sites (N-methyl/N-ethyl adjacent to an activating group) is 2. The topological polar surface area (TPSA) is 119 Å². The summed E-state index contributed by atoms with van der Waals surface area (Å²) in [6.07, 6.45) is 0.633. The lowest BCUT2D eigenvalue weighted by Crippen LogP contribution is -2.45. The summed E-state index contributed by atoms with van der Waals surface area (Å²) in [5, 5.41) is 2.66. The maximum absolute atomic E-state index is 12.6. The van der Waals surface area contributed by atoms with Crippen molar-refractivity contribution >= 4 is 17.5 Å². The van der Waals surface area contributed by atoms with Crippen molar-refractivity contribution in [2.24, 2.45) is 7.05 Å². The third-order valence-corrected chi connectivity index (χ3v) is 3.86. The molecule has 0 radical (unpaired) electrons. The van der Waals surface area contributed by atoms with Gasteiger partial charge in [-0.2, -0.15) is 0 Å². The van der Waals surface area contributed by atoms with Gasteiger partial charge in [-0.25, -0.2) is 4.79 Å². The Morgan fingerprint density at radius 3 is 2.32 bits per heavy atom. The van der Waals surface area contributed by atoms with Crippen molar-refractivity contribution in [1.82, 2.24) is 19.4 Å². The van der Waals surface area contributed by atoms with Gasteiger partial charge < -0.3 is 11.1 Å². The van der Waals surface area contributed by atoms with Crippen LogP contribution in [0.1, 0.15) is 37.6 Å². The number of rotatable bonds is 9. The Morgan fingerprint density at radius 2 is 1.80 bits per heavy atom. The second-order valence-electron chi connectivity index (χ2n) is 5.74. The van der Waals surface area contributed by atoms with Gasteiger partial charge in [0, 0.05) is 20.1 Å². The number of hydrogen-bond donors (Lipinski definition) is 2. The maximum atomic E-state index is 12.6. The quantitative estimate of drug-likeness (QED) is 0.560. The Balaban J connectivity index is 3.18. The molecule has 3 N–H and O–H groups in total. The molecule has 9 heteroatoms. The molecule has 0 fully saturated rings. The molecular weight excluding hydrogens is 326 g/mol. The van der Waals surface area contributed by atoms with Crippen LogP contribution < -0.4 is 22.3 Å². The summed E-state index contributed by atoms with van der Waals surface area (Å²) in [6, 6.07) is 0. The van der Waals surface area contributed by atoms with Gasteiger partial charge in [0.15, 0.2) is 5.78 Å². The number of carbonyl (C=O) groups is 2. The lowest BCUT2D eigenvalue weighted by molar-refractivity contribution is -0.121. The molecule has 1 aromatic rings. The van der Waals surface area contributed by atoms with Crippen LogP contribution in [0.2, 0.25) is 0 Å². The van der Waals surface area contributed by atoms with Gasteiger partial charge >= 0.3 is 5.69 Å². The molecule has 25 heavy (non-hydrogen) atoms. The van der Waals surface area contributed by atoms with Crippen molar-refractivity contribution in [3.8, 4) is 0 Å². The first-order valence-electron chi connectivity index (χ1n) is 8.39. The smallest absolute Gasteiger partial charge is 0.332 e. The van der Waals surface area contributed by atoms with E-state index in [2.05, 4.69) is 5.32 Å². The Bertz CT molecular complexity index is 750. The number of anilines is 1. The fourth-order valence-electron chi connectivity index (χ4n) is 2.50. The molecule has 1 rings (SSSR count). The molecule has 0 saturated heterocycles. The predicted octanol–water partition coefficient (Wildman–Crippen LogP) is -0.820. The Hall–Kier alpha value is -2.42.